The summed E-state index contributed by atoms with van der Waals surface area (Å²) in [5.74, 6) is 0.415. The zero-order valence-electron chi connectivity index (χ0n) is 17.0. The average molecular weight is 413 g/mol. The van der Waals surface area contributed by atoms with Gasteiger partial charge in [-0.25, -0.2) is 9.67 Å². The third-order valence-corrected chi connectivity index (χ3v) is 6.07. The van der Waals surface area contributed by atoms with Crippen LogP contribution < -0.4 is 16.3 Å². The van der Waals surface area contributed by atoms with Crippen LogP contribution in [0.1, 0.15) is 27.7 Å². The number of rotatable bonds is 3. The predicted molar refractivity (Wildman–Crippen MR) is 115 cm³/mol. The summed E-state index contributed by atoms with van der Waals surface area (Å²) in [7, 11) is 1.01. The molecule has 0 saturated carbocycles. The summed E-state index contributed by atoms with van der Waals surface area (Å²) >= 11 is 6.70. The maximum Gasteiger partial charge on any atom is 0.496 e. The molecule has 0 spiro atoms. The molecule has 1 aliphatic heterocycles. The van der Waals surface area contributed by atoms with E-state index in [4.69, 9.17) is 20.9 Å². The van der Waals surface area contributed by atoms with Crippen LogP contribution in [0.15, 0.2) is 41.5 Å². The summed E-state index contributed by atoms with van der Waals surface area (Å²) < 4.78 is 13.5. The van der Waals surface area contributed by atoms with Crippen LogP contribution >= 0.6 is 11.6 Å². The van der Waals surface area contributed by atoms with E-state index in [1.807, 2.05) is 45.9 Å². The number of halogens is 1. The standard InChI is InChI=1S/C20H22BClN4O3/c1-19(2)20(3,4)29-21(28-19)13-7-6-8-14(16(13)22)25-17-15-12(9-10-23-17)11-24-26(5)18(15)27/h6-11H,1-5H3,(H,23,25). The molecular weight excluding hydrogens is 391 g/mol. The molecule has 0 atom stereocenters. The third kappa shape index (κ3) is 3.31. The minimum absolute atomic E-state index is 0.240. The highest BCUT2D eigenvalue weighted by atomic mass is 35.5. The van der Waals surface area contributed by atoms with E-state index < -0.39 is 18.3 Å². The van der Waals surface area contributed by atoms with Gasteiger partial charge >= 0.3 is 7.12 Å². The van der Waals surface area contributed by atoms with Gasteiger partial charge in [0.2, 0.25) is 0 Å². The second kappa shape index (κ2) is 6.83. The fourth-order valence-electron chi connectivity index (χ4n) is 3.19. The number of pyridine rings is 1. The maximum atomic E-state index is 12.6. The van der Waals surface area contributed by atoms with Crippen LogP contribution in [-0.4, -0.2) is 33.1 Å². The van der Waals surface area contributed by atoms with Gasteiger partial charge in [0.25, 0.3) is 5.56 Å². The van der Waals surface area contributed by atoms with Crippen molar-refractivity contribution in [1.82, 2.24) is 14.8 Å². The first-order chi connectivity index (χ1) is 13.6. The van der Waals surface area contributed by atoms with Gasteiger partial charge < -0.3 is 14.6 Å². The van der Waals surface area contributed by atoms with Crippen molar-refractivity contribution in [3.8, 4) is 0 Å². The quantitative estimate of drug-likeness (QED) is 0.666. The lowest BCUT2D eigenvalue weighted by Gasteiger charge is -2.32. The molecule has 1 aliphatic rings. The number of hydrogen-bond donors (Lipinski definition) is 1. The Labute approximate surface area is 174 Å². The monoisotopic (exact) mass is 412 g/mol. The van der Waals surface area contributed by atoms with Gasteiger partial charge in [-0.2, -0.15) is 5.10 Å². The molecule has 1 fully saturated rings. The molecule has 150 valence electrons. The van der Waals surface area contributed by atoms with Crippen molar-refractivity contribution in [3.63, 3.8) is 0 Å². The van der Waals surface area contributed by atoms with Crippen LogP contribution in [0.5, 0.6) is 0 Å². The molecule has 0 aliphatic carbocycles. The van der Waals surface area contributed by atoms with Gasteiger partial charge in [0.1, 0.15) is 5.82 Å². The summed E-state index contributed by atoms with van der Waals surface area (Å²) in [5, 5.41) is 8.85. The van der Waals surface area contributed by atoms with E-state index in [2.05, 4.69) is 15.4 Å². The summed E-state index contributed by atoms with van der Waals surface area (Å²) in [6.07, 6.45) is 3.25. The second-order valence-corrected chi connectivity index (χ2v) is 8.50. The first-order valence-electron chi connectivity index (χ1n) is 9.33. The van der Waals surface area contributed by atoms with Gasteiger partial charge in [-0.1, -0.05) is 23.7 Å². The number of benzene rings is 1. The predicted octanol–water partition coefficient (Wildman–Crippen LogP) is 3.02. The first kappa shape index (κ1) is 19.9. The molecule has 3 aromatic rings. The Bertz CT molecular complexity index is 1150. The number of nitrogens with one attached hydrogen (secondary N) is 1. The summed E-state index contributed by atoms with van der Waals surface area (Å²) in [5.41, 5.74) is 0.140. The minimum Gasteiger partial charge on any atom is -0.399 e. The van der Waals surface area contributed by atoms with Crippen LogP contribution in [0.2, 0.25) is 5.02 Å². The van der Waals surface area contributed by atoms with E-state index in [-0.39, 0.29) is 5.56 Å². The molecule has 3 heterocycles. The fraction of sp³-hybridized carbons (Fsp3) is 0.350. The molecule has 1 saturated heterocycles. The molecular formula is C20H22BClN4O3. The molecule has 9 heteroatoms. The highest BCUT2D eigenvalue weighted by molar-refractivity contribution is 6.66. The van der Waals surface area contributed by atoms with Gasteiger partial charge in [-0.3, -0.25) is 4.79 Å². The van der Waals surface area contributed by atoms with Crippen molar-refractivity contribution in [2.24, 2.45) is 7.05 Å². The minimum atomic E-state index is -0.591. The fourth-order valence-corrected chi connectivity index (χ4v) is 3.46. The molecule has 4 rings (SSSR count). The Balaban J connectivity index is 1.74. The van der Waals surface area contributed by atoms with E-state index in [1.165, 1.54) is 4.68 Å². The van der Waals surface area contributed by atoms with E-state index in [0.29, 0.717) is 32.8 Å². The molecule has 0 amide bonds. The maximum absolute atomic E-state index is 12.6. The van der Waals surface area contributed by atoms with Crippen molar-refractivity contribution >= 4 is 46.5 Å². The molecule has 1 N–H and O–H groups in total. The van der Waals surface area contributed by atoms with Crippen molar-refractivity contribution in [2.75, 3.05) is 5.32 Å². The van der Waals surface area contributed by atoms with Gasteiger partial charge in [-0.05, 0) is 39.8 Å². The molecule has 0 unspecified atom stereocenters. The van der Waals surface area contributed by atoms with Crippen molar-refractivity contribution in [1.29, 1.82) is 0 Å². The van der Waals surface area contributed by atoms with Gasteiger partial charge in [0.15, 0.2) is 0 Å². The number of anilines is 2. The zero-order chi connectivity index (χ0) is 21.0. The Hall–Kier alpha value is -2.42. The lowest BCUT2D eigenvalue weighted by Crippen LogP contribution is -2.41. The molecule has 2 aromatic heterocycles. The van der Waals surface area contributed by atoms with Crippen molar-refractivity contribution < 1.29 is 9.31 Å². The number of aryl methyl sites for hydroxylation is 1. The molecule has 0 radical (unpaired) electrons. The van der Waals surface area contributed by atoms with Crippen LogP contribution in [0.3, 0.4) is 0 Å². The highest BCUT2D eigenvalue weighted by Gasteiger charge is 2.52. The van der Waals surface area contributed by atoms with Crippen molar-refractivity contribution in [2.45, 2.75) is 38.9 Å². The average Bonchev–Trinajstić information content (AvgIpc) is 2.87. The van der Waals surface area contributed by atoms with Crippen molar-refractivity contribution in [3.05, 3.63) is 52.0 Å². The van der Waals surface area contributed by atoms with Gasteiger partial charge in [0, 0.05) is 24.1 Å². The van der Waals surface area contributed by atoms with E-state index in [9.17, 15) is 4.79 Å². The van der Waals surface area contributed by atoms with Crippen LogP contribution in [0.25, 0.3) is 10.8 Å². The normalized spacial score (nSPS) is 17.7. The molecule has 1 aromatic carbocycles. The number of hydrogen-bond acceptors (Lipinski definition) is 6. The summed E-state index contributed by atoms with van der Waals surface area (Å²) in [4.78, 5) is 16.9. The van der Waals surface area contributed by atoms with Gasteiger partial charge in [0.05, 0.1) is 33.5 Å². The van der Waals surface area contributed by atoms with Crippen LogP contribution in [0, 0.1) is 0 Å². The zero-order valence-corrected chi connectivity index (χ0v) is 17.7. The van der Waals surface area contributed by atoms with E-state index >= 15 is 0 Å². The lowest BCUT2D eigenvalue weighted by atomic mass is 9.79. The third-order valence-electron chi connectivity index (χ3n) is 5.65. The lowest BCUT2D eigenvalue weighted by molar-refractivity contribution is 0.00578. The highest BCUT2D eigenvalue weighted by Crippen LogP contribution is 2.37. The van der Waals surface area contributed by atoms with E-state index in [0.717, 1.165) is 0 Å². The SMILES string of the molecule is Cn1ncc2ccnc(Nc3cccc(B4OC(C)(C)C(C)(C)O4)c3Cl)c2c1=O. The number of fused-ring (bicyclic) bond motifs is 1. The van der Waals surface area contributed by atoms with Crippen LogP contribution in [0.4, 0.5) is 11.5 Å². The Kier molecular flexibility index (Phi) is 4.68. The molecule has 0 bridgehead atoms. The topological polar surface area (TPSA) is 78.3 Å². The van der Waals surface area contributed by atoms with Crippen LogP contribution in [-0.2, 0) is 16.4 Å². The summed E-state index contributed by atoms with van der Waals surface area (Å²) in [6, 6.07) is 7.30. The Morgan fingerprint density at radius 2 is 1.83 bits per heavy atom. The molecule has 7 nitrogen and oxygen atoms in total. The van der Waals surface area contributed by atoms with Gasteiger partial charge in [-0.15, -0.1) is 0 Å². The largest absolute Gasteiger partial charge is 0.496 e. The molecule has 29 heavy (non-hydrogen) atoms. The Morgan fingerprint density at radius 1 is 1.14 bits per heavy atom. The number of aromatic nitrogens is 3. The second-order valence-electron chi connectivity index (χ2n) is 8.12. The summed E-state index contributed by atoms with van der Waals surface area (Å²) in [6.45, 7) is 7.97. The van der Waals surface area contributed by atoms with E-state index in [1.54, 1.807) is 25.5 Å². The first-order valence-corrected chi connectivity index (χ1v) is 9.70. The Morgan fingerprint density at radius 3 is 2.52 bits per heavy atom. The number of nitrogens with zero attached hydrogens (tertiary/aromatic N) is 3. The smallest absolute Gasteiger partial charge is 0.399 e.